The fourth-order valence-electron chi connectivity index (χ4n) is 10.6. The monoisotopic (exact) mass is 1310 g/mol. The van der Waals surface area contributed by atoms with E-state index in [2.05, 4.69) is 34.6 Å². The molecule has 0 aromatic carbocycles. The molecule has 17 nitrogen and oxygen atoms in total. The van der Waals surface area contributed by atoms with Crippen LogP contribution in [0.15, 0.2) is 0 Å². The molecule has 0 heterocycles. The van der Waals surface area contributed by atoms with Crippen molar-refractivity contribution in [2.45, 2.75) is 380 Å². The van der Waals surface area contributed by atoms with E-state index in [1.165, 1.54) is 186 Å². The molecule has 0 spiro atoms. The highest BCUT2D eigenvalue weighted by Gasteiger charge is 2.30. The number of aliphatic hydroxyl groups excluding tert-OH is 1. The van der Waals surface area contributed by atoms with Crippen molar-refractivity contribution >= 4 is 39.5 Å². The Morgan fingerprint density at radius 2 is 0.517 bits per heavy atom. The second-order valence-corrected chi connectivity index (χ2v) is 28.7. The van der Waals surface area contributed by atoms with Crippen molar-refractivity contribution < 1.29 is 80.2 Å². The average molecular weight is 1310 g/mol. The van der Waals surface area contributed by atoms with Crippen LogP contribution in [0, 0.1) is 5.92 Å². The van der Waals surface area contributed by atoms with Gasteiger partial charge in [-0.2, -0.15) is 0 Å². The zero-order valence-corrected chi connectivity index (χ0v) is 59.4. The fraction of sp³-hybridized carbons (Fsp3) is 0.943. The zero-order chi connectivity index (χ0) is 65.6. The van der Waals surface area contributed by atoms with Crippen LogP contribution in [0.5, 0.6) is 0 Å². The van der Waals surface area contributed by atoms with Gasteiger partial charge in [-0.1, -0.05) is 311 Å². The maximum Gasteiger partial charge on any atom is 0.472 e. The summed E-state index contributed by atoms with van der Waals surface area (Å²) >= 11 is 0. The molecular weight excluding hydrogens is 1170 g/mol. The van der Waals surface area contributed by atoms with Gasteiger partial charge in [-0.25, -0.2) is 9.13 Å². The molecule has 0 saturated carbocycles. The lowest BCUT2D eigenvalue weighted by atomic mass is 10.0. The number of rotatable bonds is 70. The van der Waals surface area contributed by atoms with Crippen LogP contribution < -0.4 is 0 Å². The number of carbonyl (C=O) groups is 4. The van der Waals surface area contributed by atoms with Gasteiger partial charge in [0.2, 0.25) is 0 Å². The van der Waals surface area contributed by atoms with Crippen molar-refractivity contribution in [1.29, 1.82) is 0 Å². The van der Waals surface area contributed by atoms with Gasteiger partial charge in [0.05, 0.1) is 26.4 Å². The Balaban J connectivity index is 5.24. The maximum absolute atomic E-state index is 13.0. The summed E-state index contributed by atoms with van der Waals surface area (Å²) in [6.07, 6.45) is 49.8. The summed E-state index contributed by atoms with van der Waals surface area (Å²) in [5, 5.41) is 10.6. The van der Waals surface area contributed by atoms with Crippen LogP contribution in [-0.2, 0) is 65.4 Å². The van der Waals surface area contributed by atoms with Crippen LogP contribution >= 0.6 is 15.6 Å². The first kappa shape index (κ1) is 87.1. The Morgan fingerprint density at radius 3 is 0.764 bits per heavy atom. The number of aliphatic hydroxyl groups is 1. The number of unbranched alkanes of at least 4 members (excludes halogenated alkanes) is 42. The van der Waals surface area contributed by atoms with Crippen LogP contribution in [0.3, 0.4) is 0 Å². The standard InChI is InChI=1S/C70H136O17P2/c1-6-9-12-15-18-21-24-26-28-30-33-39-44-49-54-68(73)81-59-65(86-69(74)55-50-45-40-34-31-29-27-25-22-19-16-13-10-7-2)61-84-88(76,77)82-57-64(71)58-83-89(78,79)85-62-66(60-80-67(72)53-48-43-38-32-23-20-17-14-11-8-3)87-70(75)56-51-46-41-36-35-37-42-47-52-63(4)5/h63-66,71H,6-62H2,1-5H3,(H,76,77)(H,78,79)/t64-,65-,66-/m1/s1. The number of ether oxygens (including phenoxy) is 4. The lowest BCUT2D eigenvalue weighted by Crippen LogP contribution is -2.30. The predicted octanol–water partition coefficient (Wildman–Crippen LogP) is 20.1. The van der Waals surface area contributed by atoms with E-state index in [1.54, 1.807) is 0 Å². The Labute approximate surface area is 543 Å². The first-order valence-corrected chi connectivity index (χ1v) is 39.6. The third-order valence-corrected chi connectivity index (χ3v) is 18.2. The lowest BCUT2D eigenvalue weighted by Gasteiger charge is -2.21. The number of phosphoric acid groups is 2. The Bertz CT molecular complexity index is 1720. The van der Waals surface area contributed by atoms with E-state index in [0.29, 0.717) is 25.7 Å². The third-order valence-electron chi connectivity index (χ3n) is 16.3. The maximum atomic E-state index is 13.0. The summed E-state index contributed by atoms with van der Waals surface area (Å²) in [6.45, 7) is 7.21. The van der Waals surface area contributed by atoms with Crippen LogP contribution in [0.4, 0.5) is 0 Å². The predicted molar refractivity (Wildman–Crippen MR) is 358 cm³/mol. The third kappa shape index (κ3) is 64.6. The van der Waals surface area contributed by atoms with Gasteiger partial charge in [0.1, 0.15) is 19.3 Å². The van der Waals surface area contributed by atoms with Crippen molar-refractivity contribution in [2.24, 2.45) is 5.92 Å². The quantitative estimate of drug-likeness (QED) is 0.0222. The van der Waals surface area contributed by atoms with E-state index in [9.17, 15) is 43.2 Å². The molecule has 89 heavy (non-hydrogen) atoms. The fourth-order valence-corrected chi connectivity index (χ4v) is 12.2. The van der Waals surface area contributed by atoms with E-state index in [4.69, 9.17) is 37.0 Å². The molecular formula is C70H136O17P2. The van der Waals surface area contributed by atoms with E-state index in [1.807, 2.05) is 0 Å². The summed E-state index contributed by atoms with van der Waals surface area (Å²) in [5.74, 6) is -1.40. The molecule has 0 rings (SSSR count). The highest BCUT2D eigenvalue weighted by molar-refractivity contribution is 7.47. The number of carbonyl (C=O) groups excluding carboxylic acids is 4. The SMILES string of the molecule is CCCCCCCCCCCCCCCCC(=O)OC[C@H](COP(=O)(O)OC[C@@H](O)COP(=O)(O)OC[C@@H](COC(=O)CCCCCCCCCCCC)OC(=O)CCCCCCCCCCC(C)C)OC(=O)CCCCCCCCCCCCCCCC. The minimum Gasteiger partial charge on any atom is -0.462 e. The number of esters is 4. The first-order chi connectivity index (χ1) is 43.0. The van der Waals surface area contributed by atoms with E-state index in [0.717, 1.165) is 95.8 Å². The minimum atomic E-state index is -4.95. The molecule has 0 amide bonds. The normalized spacial score (nSPS) is 14.1. The van der Waals surface area contributed by atoms with Gasteiger partial charge < -0.3 is 33.8 Å². The summed E-state index contributed by atoms with van der Waals surface area (Å²) in [4.78, 5) is 72.5. The second kappa shape index (κ2) is 63.5. The second-order valence-electron chi connectivity index (χ2n) is 25.7. The first-order valence-electron chi connectivity index (χ1n) is 36.6. The molecule has 0 aliphatic heterocycles. The molecule has 0 aromatic rings. The van der Waals surface area contributed by atoms with Gasteiger partial charge in [-0.05, 0) is 31.6 Å². The van der Waals surface area contributed by atoms with Crippen molar-refractivity contribution in [1.82, 2.24) is 0 Å². The summed E-state index contributed by atoms with van der Waals surface area (Å²) in [5.41, 5.74) is 0. The average Bonchev–Trinajstić information content (AvgIpc) is 3.72. The lowest BCUT2D eigenvalue weighted by molar-refractivity contribution is -0.161. The molecule has 19 heteroatoms. The molecule has 0 aromatic heterocycles. The summed E-state index contributed by atoms with van der Waals surface area (Å²) in [6, 6.07) is 0. The van der Waals surface area contributed by atoms with Crippen molar-refractivity contribution in [2.75, 3.05) is 39.6 Å². The Kier molecular flexibility index (Phi) is 62.1. The zero-order valence-electron chi connectivity index (χ0n) is 57.6. The van der Waals surface area contributed by atoms with Crippen LogP contribution in [0.25, 0.3) is 0 Å². The molecule has 0 fully saturated rings. The summed E-state index contributed by atoms with van der Waals surface area (Å²) in [7, 11) is -9.90. The molecule has 0 radical (unpaired) electrons. The van der Waals surface area contributed by atoms with Gasteiger partial charge in [0, 0.05) is 25.7 Å². The van der Waals surface area contributed by atoms with Crippen molar-refractivity contribution in [3.8, 4) is 0 Å². The molecule has 5 atom stereocenters. The largest absolute Gasteiger partial charge is 0.472 e. The Hall–Kier alpha value is -1.94. The van der Waals surface area contributed by atoms with E-state index in [-0.39, 0.29) is 25.7 Å². The molecule has 0 aliphatic rings. The summed E-state index contributed by atoms with van der Waals surface area (Å²) < 4.78 is 68.3. The molecule has 3 N–H and O–H groups in total. The molecule has 0 bridgehead atoms. The topological polar surface area (TPSA) is 237 Å². The van der Waals surface area contributed by atoms with Crippen molar-refractivity contribution in [3.05, 3.63) is 0 Å². The van der Waals surface area contributed by atoms with E-state index >= 15 is 0 Å². The van der Waals surface area contributed by atoms with Crippen LogP contribution in [0.2, 0.25) is 0 Å². The van der Waals surface area contributed by atoms with Gasteiger partial charge in [0.25, 0.3) is 0 Å². The van der Waals surface area contributed by atoms with Crippen LogP contribution in [-0.4, -0.2) is 96.7 Å². The smallest absolute Gasteiger partial charge is 0.462 e. The van der Waals surface area contributed by atoms with Crippen molar-refractivity contribution in [3.63, 3.8) is 0 Å². The van der Waals surface area contributed by atoms with Gasteiger partial charge >= 0.3 is 39.5 Å². The van der Waals surface area contributed by atoms with Gasteiger partial charge in [-0.3, -0.25) is 37.3 Å². The molecule has 0 saturated heterocycles. The van der Waals surface area contributed by atoms with Gasteiger partial charge in [0.15, 0.2) is 12.2 Å². The highest BCUT2D eigenvalue weighted by atomic mass is 31.2. The molecule has 528 valence electrons. The number of hydrogen-bond donors (Lipinski definition) is 3. The number of phosphoric ester groups is 2. The Morgan fingerprint density at radius 1 is 0.303 bits per heavy atom. The van der Waals surface area contributed by atoms with Crippen LogP contribution in [0.1, 0.15) is 362 Å². The van der Waals surface area contributed by atoms with Gasteiger partial charge in [-0.15, -0.1) is 0 Å². The minimum absolute atomic E-state index is 0.105. The molecule has 2 unspecified atom stereocenters. The van der Waals surface area contributed by atoms with E-state index < -0.39 is 97.5 Å². The molecule has 0 aliphatic carbocycles. The number of hydrogen-bond acceptors (Lipinski definition) is 15. The highest BCUT2D eigenvalue weighted by Crippen LogP contribution is 2.45.